The minimum atomic E-state index is -0.808. The van der Waals surface area contributed by atoms with Gasteiger partial charge in [0, 0.05) is 18.1 Å². The topological polar surface area (TPSA) is 66.8 Å². The van der Waals surface area contributed by atoms with Crippen LogP contribution in [0.25, 0.3) is 0 Å². The Morgan fingerprint density at radius 1 is 1.25 bits per heavy atom. The Labute approximate surface area is 152 Å². The fourth-order valence-corrected chi connectivity index (χ4v) is 2.49. The summed E-state index contributed by atoms with van der Waals surface area (Å²) >= 11 is 3.37. The second kappa shape index (κ2) is 9.06. The van der Waals surface area contributed by atoms with Crippen molar-refractivity contribution in [3.8, 4) is 0 Å². The second-order valence-corrected chi connectivity index (χ2v) is 7.83. The van der Waals surface area contributed by atoms with Gasteiger partial charge in [0.15, 0.2) is 0 Å². The molecule has 24 heavy (non-hydrogen) atoms. The molecule has 1 amide bonds. The van der Waals surface area contributed by atoms with Gasteiger partial charge in [0.25, 0.3) is 0 Å². The van der Waals surface area contributed by atoms with Gasteiger partial charge in [0.2, 0.25) is 0 Å². The van der Waals surface area contributed by atoms with Gasteiger partial charge in [0.05, 0.1) is 5.92 Å². The number of ether oxygens (including phenoxy) is 1. The summed E-state index contributed by atoms with van der Waals surface area (Å²) in [5, 5.41) is 9.40. The average molecular weight is 400 g/mol. The number of hydrogen-bond donors (Lipinski definition) is 1. The summed E-state index contributed by atoms with van der Waals surface area (Å²) in [6.07, 6.45) is 1.22. The Morgan fingerprint density at radius 3 is 2.33 bits per heavy atom. The molecule has 1 aromatic carbocycles. The number of benzene rings is 1. The number of halogens is 1. The molecule has 0 bridgehead atoms. The predicted molar refractivity (Wildman–Crippen MR) is 97.1 cm³/mol. The molecule has 0 spiro atoms. The van der Waals surface area contributed by atoms with E-state index in [2.05, 4.69) is 15.9 Å². The van der Waals surface area contributed by atoms with E-state index in [-0.39, 0.29) is 6.09 Å². The van der Waals surface area contributed by atoms with Gasteiger partial charge >= 0.3 is 12.1 Å². The number of nitrogens with zero attached hydrogens (tertiary/aromatic N) is 1. The molecular formula is C18H26BrNO4. The van der Waals surface area contributed by atoms with Crippen LogP contribution in [0.4, 0.5) is 4.79 Å². The van der Waals surface area contributed by atoms with Gasteiger partial charge in [0.1, 0.15) is 5.60 Å². The molecule has 0 heterocycles. The summed E-state index contributed by atoms with van der Waals surface area (Å²) in [4.78, 5) is 24.8. The lowest BCUT2D eigenvalue weighted by atomic mass is 9.95. The SMILES string of the molecule is CN(CCC[C@H](Cc1ccc(Br)cc1)C(=O)O)C(=O)OC(C)(C)C. The third-order valence-corrected chi connectivity index (χ3v) is 4.02. The molecule has 1 rings (SSSR count). The standard InChI is InChI=1S/C18H26BrNO4/c1-18(2,3)24-17(23)20(4)11-5-6-14(16(21)22)12-13-7-9-15(19)10-8-13/h7-10,14H,5-6,11-12H2,1-4H3,(H,21,22)/t14-/m1/s1. The molecule has 0 saturated heterocycles. The van der Waals surface area contributed by atoms with Gasteiger partial charge in [-0.25, -0.2) is 4.79 Å². The molecule has 0 aliphatic rings. The van der Waals surface area contributed by atoms with Crippen LogP contribution in [0.5, 0.6) is 0 Å². The van der Waals surface area contributed by atoms with Crippen LogP contribution in [0.3, 0.4) is 0 Å². The van der Waals surface area contributed by atoms with Crippen molar-refractivity contribution >= 4 is 28.0 Å². The fraction of sp³-hybridized carbons (Fsp3) is 0.556. The monoisotopic (exact) mass is 399 g/mol. The van der Waals surface area contributed by atoms with Gasteiger partial charge in [-0.3, -0.25) is 4.79 Å². The van der Waals surface area contributed by atoms with Gasteiger partial charge in [-0.15, -0.1) is 0 Å². The van der Waals surface area contributed by atoms with Crippen LogP contribution in [0.15, 0.2) is 28.7 Å². The van der Waals surface area contributed by atoms with E-state index in [9.17, 15) is 14.7 Å². The highest BCUT2D eigenvalue weighted by Crippen LogP contribution is 2.18. The van der Waals surface area contributed by atoms with E-state index < -0.39 is 17.5 Å². The zero-order chi connectivity index (χ0) is 18.3. The molecule has 0 saturated carbocycles. The van der Waals surface area contributed by atoms with Crippen molar-refractivity contribution in [1.82, 2.24) is 4.90 Å². The summed E-state index contributed by atoms with van der Waals surface area (Å²) in [5.74, 6) is -1.27. The Morgan fingerprint density at radius 2 is 1.83 bits per heavy atom. The van der Waals surface area contributed by atoms with Crippen LogP contribution in [-0.4, -0.2) is 41.3 Å². The van der Waals surface area contributed by atoms with E-state index in [4.69, 9.17) is 4.74 Å². The molecule has 134 valence electrons. The maximum absolute atomic E-state index is 11.9. The first-order valence-corrected chi connectivity index (χ1v) is 8.79. The summed E-state index contributed by atoms with van der Waals surface area (Å²) < 4.78 is 6.25. The van der Waals surface area contributed by atoms with Crippen molar-refractivity contribution in [3.63, 3.8) is 0 Å². The molecule has 1 N–H and O–H groups in total. The minimum absolute atomic E-state index is 0.387. The zero-order valence-corrected chi connectivity index (χ0v) is 16.3. The predicted octanol–water partition coefficient (Wildman–Crippen LogP) is 4.34. The number of carbonyl (C=O) groups is 2. The van der Waals surface area contributed by atoms with Crippen molar-refractivity contribution in [2.75, 3.05) is 13.6 Å². The largest absolute Gasteiger partial charge is 0.481 e. The molecular weight excluding hydrogens is 374 g/mol. The first-order chi connectivity index (χ1) is 11.1. The molecule has 1 aromatic rings. The lowest BCUT2D eigenvalue weighted by Crippen LogP contribution is -2.35. The molecule has 0 aliphatic heterocycles. The molecule has 5 nitrogen and oxygen atoms in total. The zero-order valence-electron chi connectivity index (χ0n) is 14.7. The average Bonchev–Trinajstić information content (AvgIpc) is 2.46. The van der Waals surface area contributed by atoms with Crippen molar-refractivity contribution in [2.24, 2.45) is 5.92 Å². The van der Waals surface area contributed by atoms with E-state index in [0.29, 0.717) is 25.8 Å². The highest BCUT2D eigenvalue weighted by Gasteiger charge is 2.21. The van der Waals surface area contributed by atoms with Crippen LogP contribution in [-0.2, 0) is 16.0 Å². The maximum Gasteiger partial charge on any atom is 0.410 e. The van der Waals surface area contributed by atoms with E-state index in [1.165, 1.54) is 4.90 Å². The summed E-state index contributed by atoms with van der Waals surface area (Å²) in [5.41, 5.74) is 0.461. The lowest BCUT2D eigenvalue weighted by Gasteiger charge is -2.25. The number of hydrogen-bond acceptors (Lipinski definition) is 3. The van der Waals surface area contributed by atoms with Crippen molar-refractivity contribution in [2.45, 2.75) is 45.6 Å². The van der Waals surface area contributed by atoms with Gasteiger partial charge in [-0.2, -0.15) is 0 Å². The summed E-state index contributed by atoms with van der Waals surface area (Å²) in [6, 6.07) is 7.66. The Kier molecular flexibility index (Phi) is 7.73. The highest BCUT2D eigenvalue weighted by molar-refractivity contribution is 9.10. The van der Waals surface area contributed by atoms with Gasteiger partial charge in [-0.1, -0.05) is 28.1 Å². The smallest absolute Gasteiger partial charge is 0.410 e. The van der Waals surface area contributed by atoms with Crippen molar-refractivity contribution in [1.29, 1.82) is 0 Å². The van der Waals surface area contributed by atoms with Crippen LogP contribution < -0.4 is 0 Å². The Balaban J connectivity index is 2.48. The number of carbonyl (C=O) groups excluding carboxylic acids is 1. The van der Waals surface area contributed by atoms with E-state index >= 15 is 0 Å². The Hall–Kier alpha value is -1.56. The molecule has 6 heteroatoms. The first kappa shape index (κ1) is 20.5. The van der Waals surface area contributed by atoms with E-state index in [0.717, 1.165) is 10.0 Å². The van der Waals surface area contributed by atoms with Crippen LogP contribution >= 0.6 is 15.9 Å². The number of rotatable bonds is 7. The normalized spacial score (nSPS) is 12.5. The van der Waals surface area contributed by atoms with E-state index in [1.807, 2.05) is 45.0 Å². The molecule has 0 aliphatic carbocycles. The molecule has 1 atom stereocenters. The maximum atomic E-state index is 11.9. The highest BCUT2D eigenvalue weighted by atomic mass is 79.9. The third-order valence-electron chi connectivity index (χ3n) is 3.50. The molecule has 0 radical (unpaired) electrons. The number of amides is 1. The summed E-state index contributed by atoms with van der Waals surface area (Å²) in [7, 11) is 1.67. The van der Waals surface area contributed by atoms with E-state index in [1.54, 1.807) is 7.05 Å². The van der Waals surface area contributed by atoms with Gasteiger partial charge < -0.3 is 14.7 Å². The molecule has 0 aromatic heterocycles. The fourth-order valence-electron chi connectivity index (χ4n) is 2.22. The number of carboxylic acid groups (broad SMARTS) is 1. The number of aliphatic carboxylic acids is 1. The third kappa shape index (κ3) is 7.81. The Bertz CT molecular complexity index is 551. The van der Waals surface area contributed by atoms with Crippen LogP contribution in [0.1, 0.15) is 39.2 Å². The first-order valence-electron chi connectivity index (χ1n) is 8.00. The van der Waals surface area contributed by atoms with Crippen molar-refractivity contribution < 1.29 is 19.4 Å². The summed E-state index contributed by atoms with van der Waals surface area (Å²) in [6.45, 7) is 5.92. The lowest BCUT2D eigenvalue weighted by molar-refractivity contribution is -0.142. The minimum Gasteiger partial charge on any atom is -0.481 e. The quantitative estimate of drug-likeness (QED) is 0.740. The van der Waals surface area contributed by atoms with Crippen LogP contribution in [0.2, 0.25) is 0 Å². The number of carboxylic acids is 1. The van der Waals surface area contributed by atoms with Crippen molar-refractivity contribution in [3.05, 3.63) is 34.3 Å². The second-order valence-electron chi connectivity index (χ2n) is 6.91. The molecule has 0 fully saturated rings. The van der Waals surface area contributed by atoms with Crippen LogP contribution in [0, 0.1) is 5.92 Å². The van der Waals surface area contributed by atoms with Gasteiger partial charge in [-0.05, 0) is 57.7 Å². The molecule has 0 unspecified atom stereocenters.